The Balaban J connectivity index is 1.78. The summed E-state index contributed by atoms with van der Waals surface area (Å²) >= 11 is 0. The van der Waals surface area contributed by atoms with Gasteiger partial charge in [0, 0.05) is 11.4 Å². The Morgan fingerprint density at radius 1 is 1.35 bits per heavy atom. The van der Waals surface area contributed by atoms with Gasteiger partial charge in [-0.15, -0.1) is 0 Å². The van der Waals surface area contributed by atoms with Gasteiger partial charge in [-0.1, -0.05) is 18.2 Å². The molecule has 0 saturated heterocycles. The third kappa shape index (κ3) is 2.49. The second-order valence-corrected chi connectivity index (χ2v) is 5.01. The number of carboxylic acid groups (broad SMARTS) is 1. The molecule has 1 N–H and O–H groups in total. The number of nitrogens with zero attached hydrogens (tertiary/aromatic N) is 3. The second-order valence-electron chi connectivity index (χ2n) is 5.01. The summed E-state index contributed by atoms with van der Waals surface area (Å²) < 4.78 is 1.62. The number of carbonyl (C=O) groups is 2. The van der Waals surface area contributed by atoms with Crippen molar-refractivity contribution in [1.82, 2.24) is 14.7 Å². The Labute approximate surface area is 115 Å². The van der Waals surface area contributed by atoms with Gasteiger partial charge in [0.05, 0.1) is 11.7 Å². The van der Waals surface area contributed by atoms with Gasteiger partial charge in [-0.25, -0.2) is 0 Å². The van der Waals surface area contributed by atoms with Crippen LogP contribution in [0.25, 0.3) is 10.9 Å². The molecule has 0 aliphatic heterocycles. The Morgan fingerprint density at radius 2 is 2.10 bits per heavy atom. The van der Waals surface area contributed by atoms with E-state index in [1.54, 1.807) is 10.9 Å². The maximum Gasteiger partial charge on any atom is 0.323 e. The summed E-state index contributed by atoms with van der Waals surface area (Å²) in [6.45, 7) is -0.153. The Bertz CT molecular complexity index is 660. The lowest BCUT2D eigenvalue weighted by atomic mass is 10.2. The van der Waals surface area contributed by atoms with E-state index < -0.39 is 5.97 Å². The van der Waals surface area contributed by atoms with E-state index in [4.69, 9.17) is 5.11 Å². The maximum atomic E-state index is 12.3. The SMILES string of the molecule is O=C(O)CN(C(=O)Cn1ncc2ccccc21)C1CC1. The van der Waals surface area contributed by atoms with Crippen LogP contribution in [0.2, 0.25) is 0 Å². The normalized spacial score (nSPS) is 14.4. The first-order chi connectivity index (χ1) is 9.65. The molecule has 0 bridgehead atoms. The summed E-state index contributed by atoms with van der Waals surface area (Å²) in [5.74, 6) is -1.17. The molecule has 1 saturated carbocycles. The number of aromatic nitrogens is 2. The molecule has 2 aromatic rings. The third-order valence-electron chi connectivity index (χ3n) is 3.45. The molecule has 1 aromatic carbocycles. The molecule has 6 heteroatoms. The van der Waals surface area contributed by atoms with E-state index in [0.29, 0.717) is 0 Å². The van der Waals surface area contributed by atoms with Gasteiger partial charge in [0.1, 0.15) is 13.1 Å². The fourth-order valence-corrected chi connectivity index (χ4v) is 2.32. The third-order valence-corrected chi connectivity index (χ3v) is 3.45. The van der Waals surface area contributed by atoms with Crippen LogP contribution < -0.4 is 0 Å². The summed E-state index contributed by atoms with van der Waals surface area (Å²) in [4.78, 5) is 24.6. The van der Waals surface area contributed by atoms with Crippen LogP contribution in [-0.4, -0.2) is 44.3 Å². The molecular formula is C14H15N3O3. The van der Waals surface area contributed by atoms with Crippen molar-refractivity contribution in [1.29, 1.82) is 0 Å². The minimum Gasteiger partial charge on any atom is -0.480 e. The summed E-state index contributed by atoms with van der Waals surface area (Å²) in [7, 11) is 0. The molecule has 6 nitrogen and oxygen atoms in total. The molecule has 0 unspecified atom stereocenters. The van der Waals surface area contributed by atoms with Gasteiger partial charge in [-0.3, -0.25) is 14.3 Å². The Kier molecular flexibility index (Phi) is 3.14. The predicted octanol–water partition coefficient (Wildman–Crippen LogP) is 1.11. The highest BCUT2D eigenvalue weighted by Gasteiger charge is 2.33. The minimum atomic E-state index is -0.976. The highest BCUT2D eigenvalue weighted by Crippen LogP contribution is 2.27. The zero-order valence-electron chi connectivity index (χ0n) is 10.9. The van der Waals surface area contributed by atoms with E-state index in [0.717, 1.165) is 23.7 Å². The van der Waals surface area contributed by atoms with E-state index in [1.807, 2.05) is 24.3 Å². The van der Waals surface area contributed by atoms with Crippen LogP contribution in [0.4, 0.5) is 0 Å². The molecule has 104 valence electrons. The molecule has 1 fully saturated rings. The number of hydrogen-bond acceptors (Lipinski definition) is 3. The lowest BCUT2D eigenvalue weighted by molar-refractivity contribution is -0.145. The lowest BCUT2D eigenvalue weighted by Gasteiger charge is -2.20. The monoisotopic (exact) mass is 273 g/mol. The van der Waals surface area contributed by atoms with E-state index in [-0.39, 0.29) is 25.0 Å². The average Bonchev–Trinajstić information content (AvgIpc) is 3.19. The molecule has 0 spiro atoms. The predicted molar refractivity (Wildman–Crippen MR) is 72.1 cm³/mol. The second kappa shape index (κ2) is 4.96. The van der Waals surface area contributed by atoms with Crippen LogP contribution >= 0.6 is 0 Å². The van der Waals surface area contributed by atoms with Crippen molar-refractivity contribution in [2.75, 3.05) is 6.54 Å². The first-order valence-electron chi connectivity index (χ1n) is 6.57. The van der Waals surface area contributed by atoms with Gasteiger partial charge >= 0.3 is 5.97 Å². The van der Waals surface area contributed by atoms with Crippen molar-refractivity contribution in [2.24, 2.45) is 0 Å². The van der Waals surface area contributed by atoms with Crippen LogP contribution in [0.15, 0.2) is 30.5 Å². The first-order valence-corrected chi connectivity index (χ1v) is 6.57. The number of amides is 1. The van der Waals surface area contributed by atoms with Crippen molar-refractivity contribution < 1.29 is 14.7 Å². The molecular weight excluding hydrogens is 258 g/mol. The molecule has 1 heterocycles. The first kappa shape index (κ1) is 12.7. The number of carbonyl (C=O) groups excluding carboxylic acids is 1. The topological polar surface area (TPSA) is 75.4 Å². The van der Waals surface area contributed by atoms with Crippen molar-refractivity contribution >= 4 is 22.8 Å². The van der Waals surface area contributed by atoms with E-state index >= 15 is 0 Å². The van der Waals surface area contributed by atoms with Gasteiger partial charge in [-0.2, -0.15) is 5.10 Å². The molecule has 1 aromatic heterocycles. The van der Waals surface area contributed by atoms with Crippen molar-refractivity contribution in [3.63, 3.8) is 0 Å². The van der Waals surface area contributed by atoms with Gasteiger partial charge < -0.3 is 10.0 Å². The fraction of sp³-hybridized carbons (Fsp3) is 0.357. The van der Waals surface area contributed by atoms with E-state index in [1.165, 1.54) is 4.90 Å². The molecule has 20 heavy (non-hydrogen) atoms. The smallest absolute Gasteiger partial charge is 0.323 e. The Hall–Kier alpha value is -2.37. The summed E-state index contributed by atoms with van der Waals surface area (Å²) in [5, 5.41) is 14.1. The highest BCUT2D eigenvalue weighted by molar-refractivity contribution is 5.84. The molecule has 3 rings (SSSR count). The van der Waals surface area contributed by atoms with Crippen LogP contribution in [0, 0.1) is 0 Å². The average molecular weight is 273 g/mol. The standard InChI is InChI=1S/C14H15N3O3/c18-13(16(9-14(19)20)11-5-6-11)8-17-12-4-2-1-3-10(12)7-15-17/h1-4,7,11H,5-6,8-9H2,(H,19,20). The number of rotatable bonds is 5. The number of para-hydroxylation sites is 1. The number of aliphatic carboxylic acids is 1. The fourth-order valence-electron chi connectivity index (χ4n) is 2.32. The minimum absolute atomic E-state index is 0.0806. The molecule has 0 radical (unpaired) electrons. The molecule has 0 atom stereocenters. The van der Waals surface area contributed by atoms with Crippen LogP contribution in [0.3, 0.4) is 0 Å². The summed E-state index contributed by atoms with van der Waals surface area (Å²) in [5.41, 5.74) is 0.881. The zero-order chi connectivity index (χ0) is 14.1. The van der Waals surface area contributed by atoms with Crippen molar-refractivity contribution in [3.05, 3.63) is 30.5 Å². The van der Waals surface area contributed by atoms with Gasteiger partial charge in [0.2, 0.25) is 5.91 Å². The van der Waals surface area contributed by atoms with E-state index in [9.17, 15) is 9.59 Å². The zero-order valence-corrected chi connectivity index (χ0v) is 10.9. The van der Waals surface area contributed by atoms with Crippen LogP contribution in [0.1, 0.15) is 12.8 Å². The quantitative estimate of drug-likeness (QED) is 0.885. The molecule has 1 amide bonds. The lowest BCUT2D eigenvalue weighted by Crippen LogP contribution is -2.39. The highest BCUT2D eigenvalue weighted by atomic mass is 16.4. The van der Waals surface area contributed by atoms with Gasteiger partial charge in [0.25, 0.3) is 0 Å². The summed E-state index contributed by atoms with van der Waals surface area (Å²) in [6, 6.07) is 7.71. The number of hydrogen-bond donors (Lipinski definition) is 1. The van der Waals surface area contributed by atoms with Crippen molar-refractivity contribution in [3.8, 4) is 0 Å². The summed E-state index contributed by atoms with van der Waals surface area (Å²) in [6.07, 6.45) is 3.49. The van der Waals surface area contributed by atoms with Crippen LogP contribution in [-0.2, 0) is 16.1 Å². The number of carboxylic acids is 1. The van der Waals surface area contributed by atoms with Crippen LogP contribution in [0.5, 0.6) is 0 Å². The van der Waals surface area contributed by atoms with Crippen molar-refractivity contribution in [2.45, 2.75) is 25.4 Å². The van der Waals surface area contributed by atoms with Gasteiger partial charge in [0.15, 0.2) is 0 Å². The maximum absolute atomic E-state index is 12.3. The number of benzene rings is 1. The largest absolute Gasteiger partial charge is 0.480 e. The van der Waals surface area contributed by atoms with Gasteiger partial charge in [-0.05, 0) is 18.9 Å². The molecule has 1 aliphatic carbocycles. The Morgan fingerprint density at radius 3 is 2.80 bits per heavy atom. The van der Waals surface area contributed by atoms with E-state index in [2.05, 4.69) is 5.10 Å². The number of fused-ring (bicyclic) bond motifs is 1. The molecule has 1 aliphatic rings.